The van der Waals surface area contributed by atoms with Crippen LogP contribution in [0.5, 0.6) is 0 Å². The lowest BCUT2D eigenvalue weighted by molar-refractivity contribution is 0.0680. The molecule has 1 aromatic heterocycles. The van der Waals surface area contributed by atoms with Crippen molar-refractivity contribution >= 4 is 23.3 Å². The monoisotopic (exact) mass is 283 g/mol. The van der Waals surface area contributed by atoms with Crippen molar-refractivity contribution in [1.29, 1.82) is 0 Å². The molecule has 0 spiro atoms. The van der Waals surface area contributed by atoms with Crippen LogP contribution >= 0.6 is 11.6 Å². The van der Waals surface area contributed by atoms with E-state index in [1.165, 1.54) is 0 Å². The fourth-order valence-electron chi connectivity index (χ4n) is 1.93. The van der Waals surface area contributed by atoms with Crippen LogP contribution in [0.3, 0.4) is 0 Å². The van der Waals surface area contributed by atoms with Crippen molar-refractivity contribution in [1.82, 2.24) is 9.88 Å². The van der Waals surface area contributed by atoms with Gasteiger partial charge in [0.05, 0.1) is 17.2 Å². The van der Waals surface area contributed by atoms with Gasteiger partial charge >= 0.3 is 0 Å². The van der Waals surface area contributed by atoms with Crippen LogP contribution in [0.25, 0.3) is 0 Å². The van der Waals surface area contributed by atoms with Gasteiger partial charge in [-0.25, -0.2) is 4.98 Å². The van der Waals surface area contributed by atoms with E-state index >= 15 is 0 Å². The standard InChI is InChI=1S/C13H18ClN3O2/c1-15-12-11(14)7-9(8-16-12)13(18)17(5-6-19-2)10-3-4-10/h7-8,10H,3-6H2,1-2H3,(H,15,16). The second-order valence-corrected chi connectivity index (χ2v) is 4.93. The predicted molar refractivity (Wildman–Crippen MR) is 74.7 cm³/mol. The lowest BCUT2D eigenvalue weighted by atomic mass is 10.2. The summed E-state index contributed by atoms with van der Waals surface area (Å²) in [5.41, 5.74) is 0.520. The van der Waals surface area contributed by atoms with Crippen LogP contribution in [-0.4, -0.2) is 49.1 Å². The van der Waals surface area contributed by atoms with Crippen molar-refractivity contribution in [3.63, 3.8) is 0 Å². The number of aromatic nitrogens is 1. The molecule has 1 saturated carbocycles. The highest BCUT2D eigenvalue weighted by Crippen LogP contribution is 2.29. The topological polar surface area (TPSA) is 54.5 Å². The number of amides is 1. The molecule has 1 heterocycles. The Morgan fingerprint density at radius 1 is 1.63 bits per heavy atom. The molecule has 1 N–H and O–H groups in total. The summed E-state index contributed by atoms with van der Waals surface area (Å²) < 4.78 is 5.05. The summed E-state index contributed by atoms with van der Waals surface area (Å²) in [6.45, 7) is 1.14. The van der Waals surface area contributed by atoms with E-state index in [0.29, 0.717) is 35.6 Å². The Kier molecular flexibility index (Phi) is 4.61. The number of methoxy groups -OCH3 is 1. The van der Waals surface area contributed by atoms with Crippen molar-refractivity contribution in [3.05, 3.63) is 22.8 Å². The maximum Gasteiger partial charge on any atom is 0.255 e. The Balaban J connectivity index is 2.14. The minimum absolute atomic E-state index is 0.0309. The Hall–Kier alpha value is -1.33. The van der Waals surface area contributed by atoms with Crippen LogP contribution in [-0.2, 0) is 4.74 Å². The molecule has 1 aromatic rings. The summed E-state index contributed by atoms with van der Waals surface area (Å²) in [5.74, 6) is 0.546. The van der Waals surface area contributed by atoms with E-state index in [2.05, 4.69) is 10.3 Å². The van der Waals surface area contributed by atoms with Crippen LogP contribution < -0.4 is 5.32 Å². The van der Waals surface area contributed by atoms with Crippen LogP contribution in [0.2, 0.25) is 5.02 Å². The number of nitrogens with zero attached hydrogens (tertiary/aromatic N) is 2. The summed E-state index contributed by atoms with van der Waals surface area (Å²) in [7, 11) is 3.38. The molecule has 1 aliphatic carbocycles. The molecule has 0 radical (unpaired) electrons. The van der Waals surface area contributed by atoms with E-state index < -0.39 is 0 Å². The van der Waals surface area contributed by atoms with Crippen LogP contribution in [0.1, 0.15) is 23.2 Å². The van der Waals surface area contributed by atoms with Crippen molar-refractivity contribution < 1.29 is 9.53 Å². The van der Waals surface area contributed by atoms with Gasteiger partial charge in [0.1, 0.15) is 5.82 Å². The molecule has 104 valence electrons. The minimum atomic E-state index is -0.0309. The van der Waals surface area contributed by atoms with E-state index in [1.54, 1.807) is 26.4 Å². The molecule has 6 heteroatoms. The molecule has 0 atom stereocenters. The average Bonchev–Trinajstić information content (AvgIpc) is 3.23. The first-order chi connectivity index (χ1) is 9.17. The molecule has 0 aliphatic heterocycles. The third kappa shape index (κ3) is 3.36. The SMILES string of the molecule is CNc1ncc(C(=O)N(CCOC)C2CC2)cc1Cl. The molecule has 2 rings (SSSR count). The van der Waals surface area contributed by atoms with Crippen molar-refractivity contribution in [2.24, 2.45) is 0 Å². The Labute approximate surface area is 117 Å². The zero-order chi connectivity index (χ0) is 13.8. The van der Waals surface area contributed by atoms with Crippen molar-refractivity contribution in [2.75, 3.05) is 32.6 Å². The number of nitrogens with one attached hydrogen (secondary N) is 1. The van der Waals surface area contributed by atoms with Gasteiger partial charge in [0.2, 0.25) is 0 Å². The molecular formula is C13H18ClN3O2. The zero-order valence-electron chi connectivity index (χ0n) is 11.1. The van der Waals surface area contributed by atoms with E-state index in [1.807, 2.05) is 4.90 Å². The highest BCUT2D eigenvalue weighted by atomic mass is 35.5. The fourth-order valence-corrected chi connectivity index (χ4v) is 2.19. The lowest BCUT2D eigenvalue weighted by Gasteiger charge is -2.22. The van der Waals surface area contributed by atoms with E-state index in [4.69, 9.17) is 16.3 Å². The van der Waals surface area contributed by atoms with Gasteiger partial charge in [-0.2, -0.15) is 0 Å². The summed E-state index contributed by atoms with van der Waals surface area (Å²) >= 11 is 6.06. The molecule has 0 unspecified atom stereocenters. The van der Waals surface area contributed by atoms with E-state index in [-0.39, 0.29) is 5.91 Å². The predicted octanol–water partition coefficient (Wildman–Crippen LogP) is 2.03. The number of rotatable bonds is 6. The summed E-state index contributed by atoms with van der Waals surface area (Å²) in [4.78, 5) is 18.4. The average molecular weight is 284 g/mol. The smallest absolute Gasteiger partial charge is 0.255 e. The molecule has 0 aromatic carbocycles. The maximum atomic E-state index is 12.4. The molecule has 1 aliphatic rings. The van der Waals surface area contributed by atoms with Crippen LogP contribution in [0, 0.1) is 0 Å². The lowest BCUT2D eigenvalue weighted by Crippen LogP contribution is -2.35. The third-order valence-electron chi connectivity index (χ3n) is 3.11. The number of hydrogen-bond donors (Lipinski definition) is 1. The number of anilines is 1. The Morgan fingerprint density at radius 2 is 2.37 bits per heavy atom. The molecule has 0 saturated heterocycles. The first kappa shape index (κ1) is 14.1. The van der Waals surface area contributed by atoms with Gasteiger partial charge in [-0.3, -0.25) is 4.79 Å². The maximum absolute atomic E-state index is 12.4. The number of ether oxygens (including phenoxy) is 1. The van der Waals surface area contributed by atoms with Crippen LogP contribution in [0.15, 0.2) is 12.3 Å². The van der Waals surface area contributed by atoms with Crippen LogP contribution in [0.4, 0.5) is 5.82 Å². The largest absolute Gasteiger partial charge is 0.383 e. The quantitative estimate of drug-likeness (QED) is 0.868. The Bertz CT molecular complexity index is 463. The number of halogens is 1. The third-order valence-corrected chi connectivity index (χ3v) is 3.40. The van der Waals surface area contributed by atoms with Gasteiger partial charge in [-0.15, -0.1) is 0 Å². The summed E-state index contributed by atoms with van der Waals surface area (Å²) in [6, 6.07) is 2.00. The zero-order valence-corrected chi connectivity index (χ0v) is 11.9. The molecule has 1 amide bonds. The Morgan fingerprint density at radius 3 is 2.89 bits per heavy atom. The summed E-state index contributed by atoms with van der Waals surface area (Å²) in [5, 5.41) is 3.33. The van der Waals surface area contributed by atoms with Crippen molar-refractivity contribution in [3.8, 4) is 0 Å². The number of pyridine rings is 1. The minimum Gasteiger partial charge on any atom is -0.383 e. The second-order valence-electron chi connectivity index (χ2n) is 4.53. The first-order valence-electron chi connectivity index (χ1n) is 6.30. The van der Waals surface area contributed by atoms with Gasteiger partial charge in [-0.05, 0) is 18.9 Å². The molecule has 1 fully saturated rings. The second kappa shape index (κ2) is 6.21. The molecule has 19 heavy (non-hydrogen) atoms. The van der Waals surface area contributed by atoms with E-state index in [9.17, 15) is 4.79 Å². The normalized spacial score (nSPS) is 14.3. The fraction of sp³-hybridized carbons (Fsp3) is 0.538. The highest BCUT2D eigenvalue weighted by molar-refractivity contribution is 6.33. The molecule has 0 bridgehead atoms. The number of carbonyl (C=O) groups is 1. The summed E-state index contributed by atoms with van der Waals surface area (Å²) in [6.07, 6.45) is 3.68. The van der Waals surface area contributed by atoms with Crippen molar-refractivity contribution in [2.45, 2.75) is 18.9 Å². The van der Waals surface area contributed by atoms with Gasteiger partial charge in [-0.1, -0.05) is 11.6 Å². The van der Waals surface area contributed by atoms with Gasteiger partial charge in [0.15, 0.2) is 0 Å². The van der Waals surface area contributed by atoms with Gasteiger partial charge in [0, 0.05) is 32.9 Å². The van der Waals surface area contributed by atoms with E-state index in [0.717, 1.165) is 12.8 Å². The van der Waals surface area contributed by atoms with Gasteiger partial charge in [0.25, 0.3) is 5.91 Å². The first-order valence-corrected chi connectivity index (χ1v) is 6.68. The highest BCUT2D eigenvalue weighted by Gasteiger charge is 2.33. The molecule has 5 nitrogen and oxygen atoms in total. The number of hydrogen-bond acceptors (Lipinski definition) is 4. The van der Waals surface area contributed by atoms with Gasteiger partial charge < -0.3 is 15.0 Å². The number of carbonyl (C=O) groups excluding carboxylic acids is 1. The molecular weight excluding hydrogens is 266 g/mol.